The van der Waals surface area contributed by atoms with Gasteiger partial charge < -0.3 is 19.7 Å². The second kappa shape index (κ2) is 9.56. The number of aryl methyl sites for hydroxylation is 1. The Hall–Kier alpha value is -4.25. The van der Waals surface area contributed by atoms with Gasteiger partial charge in [-0.3, -0.25) is 0 Å². The van der Waals surface area contributed by atoms with Crippen molar-refractivity contribution in [2.75, 3.05) is 23.3 Å². The molecule has 1 N–H and O–H groups in total. The Morgan fingerprint density at radius 2 is 1.50 bits per heavy atom. The van der Waals surface area contributed by atoms with Crippen LogP contribution in [0, 0.1) is 6.92 Å². The van der Waals surface area contributed by atoms with Crippen LogP contribution in [0.3, 0.4) is 0 Å². The molecule has 2 aliphatic heterocycles. The van der Waals surface area contributed by atoms with Crippen molar-refractivity contribution in [2.24, 2.45) is 0 Å². The topological polar surface area (TPSA) is 50.8 Å². The van der Waals surface area contributed by atoms with Gasteiger partial charge in [0.2, 0.25) is 0 Å². The molecule has 4 aromatic rings. The molecule has 0 saturated heterocycles. The molecule has 6 rings (SSSR count). The number of fused-ring (bicyclic) bond motifs is 6. The molecule has 5 nitrogen and oxygen atoms in total. The van der Waals surface area contributed by atoms with E-state index >= 15 is 0 Å². The summed E-state index contributed by atoms with van der Waals surface area (Å²) >= 11 is 0. The molecule has 1 atom stereocenters. The monoisotopic (exact) mass is 504 g/mol. The number of hydrogen-bond donors (Lipinski definition) is 1. The lowest BCUT2D eigenvalue weighted by atomic mass is 9.77. The van der Waals surface area contributed by atoms with Gasteiger partial charge in [0.1, 0.15) is 11.5 Å². The molecule has 192 valence electrons. The SMILES string of the molecule is CCCN(CCC)c1ccc(C)c(Nc2ccc3c(c2)C2(OC(=O)c4ccccc42)c2ccccc2O3)c1. The van der Waals surface area contributed by atoms with Gasteiger partial charge in [0, 0.05) is 46.8 Å². The van der Waals surface area contributed by atoms with E-state index in [1.54, 1.807) is 0 Å². The van der Waals surface area contributed by atoms with Gasteiger partial charge in [0.25, 0.3) is 0 Å². The third-order valence-electron chi connectivity index (χ3n) is 7.47. The fraction of sp³-hybridized carbons (Fsp3) is 0.242. The lowest BCUT2D eigenvalue weighted by molar-refractivity contribution is 0.0224. The molecule has 1 unspecified atom stereocenters. The smallest absolute Gasteiger partial charge is 0.340 e. The second-order valence-corrected chi connectivity index (χ2v) is 10.0. The first-order valence-electron chi connectivity index (χ1n) is 13.4. The summed E-state index contributed by atoms with van der Waals surface area (Å²) in [7, 11) is 0. The number of nitrogens with zero attached hydrogens (tertiary/aromatic N) is 1. The lowest BCUT2D eigenvalue weighted by Crippen LogP contribution is -2.33. The normalized spacial score (nSPS) is 16.8. The molecular formula is C33H32N2O3. The van der Waals surface area contributed by atoms with Gasteiger partial charge in [0.05, 0.1) is 5.56 Å². The Morgan fingerprint density at radius 1 is 0.789 bits per heavy atom. The number of rotatable bonds is 7. The number of carbonyl (C=O) groups excluding carboxylic acids is 1. The highest BCUT2D eigenvalue weighted by atomic mass is 16.6. The summed E-state index contributed by atoms with van der Waals surface area (Å²) in [6.45, 7) is 8.60. The van der Waals surface area contributed by atoms with E-state index in [1.807, 2.05) is 60.7 Å². The summed E-state index contributed by atoms with van der Waals surface area (Å²) in [5.41, 5.74) is 6.34. The Balaban J connectivity index is 1.45. The third-order valence-corrected chi connectivity index (χ3v) is 7.47. The van der Waals surface area contributed by atoms with Crippen molar-refractivity contribution in [3.63, 3.8) is 0 Å². The summed E-state index contributed by atoms with van der Waals surface area (Å²) in [4.78, 5) is 15.5. The van der Waals surface area contributed by atoms with Crippen LogP contribution >= 0.6 is 0 Å². The molecule has 5 heteroatoms. The number of hydrogen-bond acceptors (Lipinski definition) is 5. The largest absolute Gasteiger partial charge is 0.456 e. The molecule has 0 amide bonds. The second-order valence-electron chi connectivity index (χ2n) is 10.0. The Labute approximate surface area is 224 Å². The zero-order valence-corrected chi connectivity index (χ0v) is 22.1. The molecule has 0 radical (unpaired) electrons. The summed E-state index contributed by atoms with van der Waals surface area (Å²) < 4.78 is 12.6. The number of esters is 1. The van der Waals surface area contributed by atoms with Crippen LogP contribution in [0.2, 0.25) is 0 Å². The quantitative estimate of drug-likeness (QED) is 0.259. The van der Waals surface area contributed by atoms with Crippen molar-refractivity contribution in [3.8, 4) is 11.5 Å². The summed E-state index contributed by atoms with van der Waals surface area (Å²) in [5, 5.41) is 3.64. The van der Waals surface area contributed by atoms with E-state index in [1.165, 1.54) is 5.69 Å². The number of ether oxygens (including phenoxy) is 2. The van der Waals surface area contributed by atoms with Gasteiger partial charge in [-0.15, -0.1) is 0 Å². The van der Waals surface area contributed by atoms with E-state index in [0.717, 1.165) is 59.6 Å². The van der Waals surface area contributed by atoms with Crippen LogP contribution in [0.1, 0.15) is 59.3 Å². The molecular weight excluding hydrogens is 472 g/mol. The predicted molar refractivity (Wildman–Crippen MR) is 152 cm³/mol. The molecule has 0 aliphatic carbocycles. The Kier molecular flexibility index (Phi) is 6.07. The minimum absolute atomic E-state index is 0.322. The Bertz CT molecular complexity index is 1520. The van der Waals surface area contributed by atoms with E-state index in [4.69, 9.17) is 9.47 Å². The first-order chi connectivity index (χ1) is 18.5. The summed E-state index contributed by atoms with van der Waals surface area (Å²) in [6.07, 6.45) is 2.20. The van der Waals surface area contributed by atoms with Crippen LogP contribution in [0.15, 0.2) is 84.9 Å². The van der Waals surface area contributed by atoms with Crippen molar-refractivity contribution in [1.82, 2.24) is 0 Å². The number of nitrogens with one attached hydrogen (secondary N) is 1. The van der Waals surface area contributed by atoms with Crippen molar-refractivity contribution in [2.45, 2.75) is 39.2 Å². The molecule has 2 heterocycles. The summed E-state index contributed by atoms with van der Waals surface area (Å²) in [6, 6.07) is 28.1. The van der Waals surface area contributed by atoms with Crippen LogP contribution in [0.5, 0.6) is 11.5 Å². The van der Waals surface area contributed by atoms with Crippen molar-refractivity contribution >= 4 is 23.0 Å². The van der Waals surface area contributed by atoms with Crippen molar-refractivity contribution < 1.29 is 14.3 Å². The number of anilines is 3. The van der Waals surface area contributed by atoms with E-state index in [-0.39, 0.29) is 5.97 Å². The van der Waals surface area contributed by atoms with Crippen LogP contribution in [0.4, 0.5) is 17.1 Å². The van der Waals surface area contributed by atoms with E-state index in [0.29, 0.717) is 17.1 Å². The van der Waals surface area contributed by atoms with Crippen molar-refractivity contribution in [3.05, 3.63) is 113 Å². The van der Waals surface area contributed by atoms with E-state index in [9.17, 15) is 4.79 Å². The fourth-order valence-electron chi connectivity index (χ4n) is 5.71. The minimum atomic E-state index is -1.06. The zero-order valence-electron chi connectivity index (χ0n) is 22.1. The molecule has 2 aliphatic rings. The van der Waals surface area contributed by atoms with E-state index in [2.05, 4.69) is 55.3 Å². The van der Waals surface area contributed by atoms with Crippen molar-refractivity contribution in [1.29, 1.82) is 0 Å². The number of benzene rings is 4. The average Bonchev–Trinajstić information content (AvgIpc) is 3.23. The molecule has 0 aromatic heterocycles. The van der Waals surface area contributed by atoms with Crippen LogP contribution < -0.4 is 15.0 Å². The highest BCUT2D eigenvalue weighted by Crippen LogP contribution is 2.56. The molecule has 1 spiro atoms. The number of carbonyl (C=O) groups is 1. The van der Waals surface area contributed by atoms with Gasteiger partial charge >= 0.3 is 5.97 Å². The first-order valence-corrected chi connectivity index (χ1v) is 13.4. The molecule has 0 saturated carbocycles. The van der Waals surface area contributed by atoms with Gasteiger partial charge in [0.15, 0.2) is 5.60 Å². The molecule has 4 aromatic carbocycles. The molecule has 0 bridgehead atoms. The fourth-order valence-corrected chi connectivity index (χ4v) is 5.71. The van der Waals surface area contributed by atoms with Gasteiger partial charge in [-0.2, -0.15) is 0 Å². The predicted octanol–water partition coefficient (Wildman–Crippen LogP) is 7.93. The van der Waals surface area contributed by atoms with Gasteiger partial charge in [-0.25, -0.2) is 4.79 Å². The highest BCUT2D eigenvalue weighted by molar-refractivity contribution is 5.97. The number of para-hydroxylation sites is 1. The Morgan fingerprint density at radius 3 is 2.29 bits per heavy atom. The highest BCUT2D eigenvalue weighted by Gasteiger charge is 2.53. The average molecular weight is 505 g/mol. The van der Waals surface area contributed by atoms with Crippen LogP contribution in [0.25, 0.3) is 0 Å². The van der Waals surface area contributed by atoms with Gasteiger partial charge in [-0.1, -0.05) is 56.3 Å². The maximum atomic E-state index is 13.1. The standard InChI is InChI=1S/C33H32N2O3/c1-4-18-35(19-5-2)24-16-14-22(3)29(21-24)34-23-15-17-31-28(20-23)33(27-12-8-9-13-30(27)37-31)26-11-7-6-10-25(26)32(36)38-33/h6-17,20-21,34H,4-5,18-19H2,1-3H3. The first kappa shape index (κ1) is 24.1. The zero-order chi connectivity index (χ0) is 26.3. The maximum absolute atomic E-state index is 13.1. The molecule has 0 fully saturated rings. The van der Waals surface area contributed by atoms with E-state index < -0.39 is 5.60 Å². The third kappa shape index (κ3) is 3.81. The minimum Gasteiger partial charge on any atom is -0.456 e. The van der Waals surface area contributed by atoms with Crippen LogP contribution in [-0.4, -0.2) is 19.1 Å². The lowest BCUT2D eigenvalue weighted by Gasteiger charge is -2.36. The molecule has 38 heavy (non-hydrogen) atoms. The van der Waals surface area contributed by atoms with Gasteiger partial charge in [-0.05, 0) is 67.8 Å². The van der Waals surface area contributed by atoms with Crippen LogP contribution in [-0.2, 0) is 10.3 Å². The summed E-state index contributed by atoms with van der Waals surface area (Å²) in [5.74, 6) is 1.05. The maximum Gasteiger partial charge on any atom is 0.340 e.